The van der Waals surface area contributed by atoms with Crippen molar-refractivity contribution >= 4 is 0 Å². The number of ether oxygens (including phenoxy) is 2. The zero-order valence-electron chi connectivity index (χ0n) is 11.5. The zero-order valence-corrected chi connectivity index (χ0v) is 11.5. The van der Waals surface area contributed by atoms with E-state index in [0.29, 0.717) is 13.0 Å². The van der Waals surface area contributed by atoms with E-state index in [2.05, 4.69) is 0 Å². The molecule has 0 aliphatic carbocycles. The van der Waals surface area contributed by atoms with Crippen LogP contribution >= 0.6 is 0 Å². The fourth-order valence-corrected chi connectivity index (χ4v) is 1.43. The van der Waals surface area contributed by atoms with E-state index >= 15 is 0 Å². The molecule has 102 valence electrons. The van der Waals surface area contributed by atoms with Crippen LogP contribution in [0.2, 0.25) is 0 Å². The maximum atomic E-state index is 13.7. The van der Waals surface area contributed by atoms with Crippen molar-refractivity contribution in [3.05, 3.63) is 29.6 Å². The highest BCUT2D eigenvalue weighted by Gasteiger charge is 2.16. The Kier molecular flexibility index (Phi) is 5.11. The van der Waals surface area contributed by atoms with Gasteiger partial charge in [0.2, 0.25) is 0 Å². The van der Waals surface area contributed by atoms with E-state index in [-0.39, 0.29) is 23.2 Å². The first-order valence-electron chi connectivity index (χ1n) is 6.09. The van der Waals surface area contributed by atoms with Gasteiger partial charge < -0.3 is 15.2 Å². The van der Waals surface area contributed by atoms with Crippen molar-refractivity contribution in [2.75, 3.05) is 13.7 Å². The molecule has 1 rings (SSSR count). The summed E-state index contributed by atoms with van der Waals surface area (Å²) >= 11 is 0. The van der Waals surface area contributed by atoms with Gasteiger partial charge in [0.05, 0.1) is 12.2 Å². The Balaban J connectivity index is 2.58. The molecule has 0 aliphatic rings. The average molecular weight is 255 g/mol. The molecule has 1 aromatic rings. The summed E-state index contributed by atoms with van der Waals surface area (Å²) in [6, 6.07) is 4.64. The summed E-state index contributed by atoms with van der Waals surface area (Å²) in [5, 5.41) is 0. The molecule has 0 aromatic heterocycles. The van der Waals surface area contributed by atoms with Gasteiger partial charge in [-0.15, -0.1) is 0 Å². The first kappa shape index (κ1) is 14.9. The maximum Gasteiger partial charge on any atom is 0.165 e. The van der Waals surface area contributed by atoms with Crippen LogP contribution in [-0.4, -0.2) is 19.3 Å². The van der Waals surface area contributed by atoms with Crippen molar-refractivity contribution in [1.82, 2.24) is 0 Å². The molecular formula is C14H22FNO2. The van der Waals surface area contributed by atoms with Gasteiger partial charge in [0.25, 0.3) is 0 Å². The number of methoxy groups -OCH3 is 1. The number of rotatable bonds is 6. The minimum absolute atomic E-state index is 0.180. The molecule has 1 aromatic carbocycles. The molecule has 1 atom stereocenters. The van der Waals surface area contributed by atoms with Crippen LogP contribution in [0.4, 0.5) is 4.39 Å². The third kappa shape index (κ3) is 4.27. The summed E-state index contributed by atoms with van der Waals surface area (Å²) in [7, 11) is 1.65. The zero-order chi connectivity index (χ0) is 13.8. The molecule has 4 heteroatoms. The van der Waals surface area contributed by atoms with E-state index in [1.54, 1.807) is 19.2 Å². The number of halogens is 1. The Morgan fingerprint density at radius 3 is 2.56 bits per heavy atom. The van der Waals surface area contributed by atoms with Crippen LogP contribution in [0.1, 0.15) is 38.8 Å². The van der Waals surface area contributed by atoms with Crippen LogP contribution in [0.25, 0.3) is 0 Å². The second kappa shape index (κ2) is 6.16. The van der Waals surface area contributed by atoms with E-state index in [9.17, 15) is 4.39 Å². The molecular weight excluding hydrogens is 233 g/mol. The number of hydrogen-bond acceptors (Lipinski definition) is 3. The molecule has 0 aliphatic heterocycles. The Morgan fingerprint density at radius 2 is 2.06 bits per heavy atom. The Morgan fingerprint density at radius 1 is 1.39 bits per heavy atom. The molecule has 0 bridgehead atoms. The average Bonchev–Trinajstić information content (AvgIpc) is 2.31. The molecule has 2 N–H and O–H groups in total. The monoisotopic (exact) mass is 255 g/mol. The van der Waals surface area contributed by atoms with Gasteiger partial charge >= 0.3 is 0 Å². The van der Waals surface area contributed by atoms with Gasteiger partial charge in [0, 0.05) is 19.6 Å². The second-order valence-corrected chi connectivity index (χ2v) is 5.04. The lowest BCUT2D eigenvalue weighted by atomic mass is 10.1. The molecule has 0 saturated heterocycles. The molecule has 1 unspecified atom stereocenters. The summed E-state index contributed by atoms with van der Waals surface area (Å²) in [4.78, 5) is 0. The number of hydrogen-bond donors (Lipinski definition) is 1. The van der Waals surface area contributed by atoms with Crippen LogP contribution in [0.15, 0.2) is 18.2 Å². The van der Waals surface area contributed by atoms with E-state index in [1.165, 1.54) is 6.07 Å². The van der Waals surface area contributed by atoms with Gasteiger partial charge in [-0.25, -0.2) is 4.39 Å². The quantitative estimate of drug-likeness (QED) is 0.849. The highest BCUT2D eigenvalue weighted by atomic mass is 19.1. The van der Waals surface area contributed by atoms with E-state index in [0.717, 1.165) is 5.56 Å². The Bertz CT molecular complexity index is 391. The second-order valence-electron chi connectivity index (χ2n) is 5.04. The third-order valence-electron chi connectivity index (χ3n) is 3.00. The molecule has 0 spiro atoms. The van der Waals surface area contributed by atoms with Gasteiger partial charge in [-0.1, -0.05) is 6.07 Å². The van der Waals surface area contributed by atoms with Crippen molar-refractivity contribution in [3.63, 3.8) is 0 Å². The first-order valence-corrected chi connectivity index (χ1v) is 6.09. The summed E-state index contributed by atoms with van der Waals surface area (Å²) < 4.78 is 24.4. The van der Waals surface area contributed by atoms with Crippen molar-refractivity contribution in [2.45, 2.75) is 38.8 Å². The summed E-state index contributed by atoms with van der Waals surface area (Å²) in [6.07, 6.45) is 0.692. The molecule has 18 heavy (non-hydrogen) atoms. The van der Waals surface area contributed by atoms with Gasteiger partial charge in [0.1, 0.15) is 0 Å². The van der Waals surface area contributed by atoms with Crippen LogP contribution < -0.4 is 10.5 Å². The summed E-state index contributed by atoms with van der Waals surface area (Å²) in [5.41, 5.74) is 6.18. The third-order valence-corrected chi connectivity index (χ3v) is 3.00. The smallest absolute Gasteiger partial charge is 0.165 e. The fraction of sp³-hybridized carbons (Fsp3) is 0.571. The molecule has 0 radical (unpaired) electrons. The molecule has 0 fully saturated rings. The number of benzene rings is 1. The van der Waals surface area contributed by atoms with Gasteiger partial charge in [-0.2, -0.15) is 0 Å². The van der Waals surface area contributed by atoms with Crippen molar-refractivity contribution < 1.29 is 13.9 Å². The Hall–Kier alpha value is -1.13. The summed E-state index contributed by atoms with van der Waals surface area (Å²) in [5.74, 6) is -0.119. The lowest BCUT2D eigenvalue weighted by molar-refractivity contribution is 0.00513. The highest BCUT2D eigenvalue weighted by molar-refractivity contribution is 5.30. The predicted molar refractivity (Wildman–Crippen MR) is 70.2 cm³/mol. The Labute approximate surface area is 108 Å². The largest absolute Gasteiger partial charge is 0.490 e. The fourth-order valence-electron chi connectivity index (χ4n) is 1.43. The lowest BCUT2D eigenvalue weighted by Gasteiger charge is -2.22. The van der Waals surface area contributed by atoms with Crippen molar-refractivity contribution in [2.24, 2.45) is 5.73 Å². The minimum Gasteiger partial charge on any atom is -0.490 e. The molecule has 0 amide bonds. The molecule has 0 saturated carbocycles. The van der Waals surface area contributed by atoms with E-state index < -0.39 is 0 Å². The maximum absolute atomic E-state index is 13.7. The topological polar surface area (TPSA) is 44.5 Å². The molecule has 0 heterocycles. The normalized spacial score (nSPS) is 13.4. The number of nitrogens with two attached hydrogens (primary N) is 1. The first-order chi connectivity index (χ1) is 8.35. The van der Waals surface area contributed by atoms with Crippen LogP contribution in [-0.2, 0) is 4.74 Å². The van der Waals surface area contributed by atoms with Crippen LogP contribution in [0.3, 0.4) is 0 Å². The SMILES string of the molecule is COC(C)(C)CCOc1ccc(C(C)N)cc1F. The van der Waals surface area contributed by atoms with Gasteiger partial charge in [-0.3, -0.25) is 0 Å². The van der Waals surface area contributed by atoms with E-state index in [1.807, 2.05) is 20.8 Å². The van der Waals surface area contributed by atoms with Crippen LogP contribution in [0, 0.1) is 5.82 Å². The summed E-state index contributed by atoms with van der Waals surface area (Å²) in [6.45, 7) is 6.16. The van der Waals surface area contributed by atoms with Crippen LogP contribution in [0.5, 0.6) is 5.75 Å². The lowest BCUT2D eigenvalue weighted by Crippen LogP contribution is -2.25. The van der Waals surface area contributed by atoms with Crippen molar-refractivity contribution in [3.8, 4) is 5.75 Å². The van der Waals surface area contributed by atoms with Gasteiger partial charge in [-0.05, 0) is 38.5 Å². The standard InChI is InChI=1S/C14H22FNO2/c1-10(16)11-5-6-13(12(15)9-11)18-8-7-14(2,3)17-4/h5-6,9-10H,7-8,16H2,1-4H3. The minimum atomic E-state index is -0.375. The highest BCUT2D eigenvalue weighted by Crippen LogP contribution is 2.22. The molecule has 3 nitrogen and oxygen atoms in total. The van der Waals surface area contributed by atoms with E-state index in [4.69, 9.17) is 15.2 Å². The van der Waals surface area contributed by atoms with Gasteiger partial charge in [0.15, 0.2) is 11.6 Å². The van der Waals surface area contributed by atoms with Crippen molar-refractivity contribution in [1.29, 1.82) is 0 Å². The predicted octanol–water partition coefficient (Wildman–Crippen LogP) is 3.04.